The Morgan fingerprint density at radius 1 is 1.20 bits per heavy atom. The number of hydrogen-bond donors (Lipinski definition) is 1. The number of hydrogen-bond acceptors (Lipinski definition) is 1. The Kier molecular flexibility index (Phi) is 2.38. The maximum atomic E-state index is 6.15. The molecule has 0 radical (unpaired) electrons. The van der Waals surface area contributed by atoms with Gasteiger partial charge in [-0.05, 0) is 34.4 Å². The minimum absolute atomic E-state index is 0.223. The highest BCUT2D eigenvalue weighted by atomic mass is 14.7. The van der Waals surface area contributed by atoms with Crippen LogP contribution in [-0.2, 0) is 5.41 Å². The zero-order valence-corrected chi connectivity index (χ0v) is 10.2. The van der Waals surface area contributed by atoms with Crippen molar-refractivity contribution in [2.75, 3.05) is 0 Å². The summed E-state index contributed by atoms with van der Waals surface area (Å²) < 4.78 is 0. The van der Waals surface area contributed by atoms with Crippen molar-refractivity contribution in [3.8, 4) is 0 Å². The predicted molar refractivity (Wildman–Crippen MR) is 65.1 cm³/mol. The molecule has 82 valence electrons. The van der Waals surface area contributed by atoms with Crippen molar-refractivity contribution < 1.29 is 0 Å². The molecule has 1 aromatic carbocycles. The summed E-state index contributed by atoms with van der Waals surface area (Å²) in [5.74, 6) is 0.629. The van der Waals surface area contributed by atoms with Crippen LogP contribution in [0.3, 0.4) is 0 Å². The zero-order chi connectivity index (χ0) is 11.2. The minimum atomic E-state index is 0.223. The highest BCUT2D eigenvalue weighted by molar-refractivity contribution is 5.42. The van der Waals surface area contributed by atoms with Gasteiger partial charge in [0, 0.05) is 6.04 Å². The van der Waals surface area contributed by atoms with Crippen molar-refractivity contribution in [1.82, 2.24) is 0 Å². The molecular weight excluding hydrogens is 182 g/mol. The molecule has 2 rings (SSSR count). The second-order valence-corrected chi connectivity index (χ2v) is 5.84. The Bertz CT molecular complexity index is 373. The van der Waals surface area contributed by atoms with Crippen LogP contribution in [0.5, 0.6) is 0 Å². The quantitative estimate of drug-likeness (QED) is 0.686. The average Bonchev–Trinajstić information content (AvgIpc) is 2.41. The van der Waals surface area contributed by atoms with E-state index in [0.717, 1.165) is 6.42 Å². The number of benzene rings is 1. The predicted octanol–water partition coefficient (Wildman–Crippen LogP) is 3.49. The standard InChI is InChI=1S/C14H21N/c1-9-7-13(15)12-8-10(14(2,3)4)5-6-11(9)12/h5-6,8-9,13H,7,15H2,1-4H3. The number of rotatable bonds is 0. The molecule has 0 aromatic heterocycles. The van der Waals surface area contributed by atoms with Crippen LogP contribution in [0.15, 0.2) is 18.2 Å². The summed E-state index contributed by atoms with van der Waals surface area (Å²) >= 11 is 0. The van der Waals surface area contributed by atoms with Crippen LogP contribution in [0.25, 0.3) is 0 Å². The Morgan fingerprint density at radius 2 is 1.87 bits per heavy atom. The smallest absolute Gasteiger partial charge is 0.0303 e. The van der Waals surface area contributed by atoms with Crippen molar-refractivity contribution in [2.24, 2.45) is 5.73 Å². The van der Waals surface area contributed by atoms with E-state index in [1.54, 1.807) is 0 Å². The summed E-state index contributed by atoms with van der Waals surface area (Å²) in [4.78, 5) is 0. The largest absolute Gasteiger partial charge is 0.324 e. The van der Waals surface area contributed by atoms with Crippen molar-refractivity contribution >= 4 is 0 Å². The first-order chi connectivity index (χ1) is 6.89. The van der Waals surface area contributed by atoms with Gasteiger partial charge in [-0.15, -0.1) is 0 Å². The van der Waals surface area contributed by atoms with E-state index in [1.807, 2.05) is 0 Å². The van der Waals surface area contributed by atoms with E-state index < -0.39 is 0 Å². The molecule has 1 heteroatoms. The molecule has 0 fully saturated rings. The summed E-state index contributed by atoms with van der Waals surface area (Å²) in [5, 5.41) is 0. The van der Waals surface area contributed by atoms with Gasteiger partial charge in [0.2, 0.25) is 0 Å². The van der Waals surface area contributed by atoms with E-state index >= 15 is 0 Å². The van der Waals surface area contributed by atoms with Crippen LogP contribution in [0.2, 0.25) is 0 Å². The Balaban J connectivity index is 2.48. The Hall–Kier alpha value is -0.820. The summed E-state index contributed by atoms with van der Waals surface area (Å²) in [6.45, 7) is 9.01. The zero-order valence-electron chi connectivity index (χ0n) is 10.2. The van der Waals surface area contributed by atoms with E-state index in [9.17, 15) is 0 Å². The van der Waals surface area contributed by atoms with E-state index in [4.69, 9.17) is 5.73 Å². The van der Waals surface area contributed by atoms with Gasteiger partial charge in [0.15, 0.2) is 0 Å². The summed E-state index contributed by atoms with van der Waals surface area (Å²) in [5.41, 5.74) is 10.6. The van der Waals surface area contributed by atoms with Gasteiger partial charge in [-0.2, -0.15) is 0 Å². The molecule has 0 saturated heterocycles. The fourth-order valence-corrected chi connectivity index (χ4v) is 2.45. The molecular formula is C14H21N. The van der Waals surface area contributed by atoms with E-state index in [-0.39, 0.29) is 11.5 Å². The molecule has 0 heterocycles. The van der Waals surface area contributed by atoms with Crippen LogP contribution in [-0.4, -0.2) is 0 Å². The molecule has 1 nitrogen and oxygen atoms in total. The second-order valence-electron chi connectivity index (χ2n) is 5.84. The third-order valence-corrected chi connectivity index (χ3v) is 3.49. The fraction of sp³-hybridized carbons (Fsp3) is 0.571. The highest BCUT2D eigenvalue weighted by Crippen LogP contribution is 2.40. The lowest BCUT2D eigenvalue weighted by molar-refractivity contribution is 0.588. The van der Waals surface area contributed by atoms with Crippen molar-refractivity contribution in [2.45, 2.75) is 51.5 Å². The molecule has 2 unspecified atom stereocenters. The van der Waals surface area contributed by atoms with Gasteiger partial charge in [0.25, 0.3) is 0 Å². The molecule has 0 bridgehead atoms. The molecule has 1 aliphatic rings. The van der Waals surface area contributed by atoms with Gasteiger partial charge in [0.05, 0.1) is 0 Å². The first-order valence-electron chi connectivity index (χ1n) is 5.79. The van der Waals surface area contributed by atoms with E-state index in [0.29, 0.717) is 5.92 Å². The molecule has 0 saturated carbocycles. The summed E-state index contributed by atoms with van der Waals surface area (Å²) in [6.07, 6.45) is 1.10. The van der Waals surface area contributed by atoms with Gasteiger partial charge < -0.3 is 5.73 Å². The minimum Gasteiger partial charge on any atom is -0.324 e. The van der Waals surface area contributed by atoms with Crippen molar-refractivity contribution in [3.05, 3.63) is 34.9 Å². The number of nitrogens with two attached hydrogens (primary N) is 1. The van der Waals surface area contributed by atoms with Crippen LogP contribution in [0, 0.1) is 0 Å². The first-order valence-corrected chi connectivity index (χ1v) is 5.79. The highest BCUT2D eigenvalue weighted by Gasteiger charge is 2.27. The van der Waals surface area contributed by atoms with Crippen LogP contribution >= 0.6 is 0 Å². The topological polar surface area (TPSA) is 26.0 Å². The molecule has 0 aliphatic heterocycles. The lowest BCUT2D eigenvalue weighted by Gasteiger charge is -2.20. The molecule has 0 amide bonds. The SMILES string of the molecule is CC1CC(N)c2cc(C(C)(C)C)ccc21. The van der Waals surface area contributed by atoms with Gasteiger partial charge in [-0.25, -0.2) is 0 Å². The molecule has 0 spiro atoms. The van der Waals surface area contributed by atoms with Crippen LogP contribution < -0.4 is 5.73 Å². The number of fused-ring (bicyclic) bond motifs is 1. The Morgan fingerprint density at radius 3 is 2.47 bits per heavy atom. The van der Waals surface area contributed by atoms with Gasteiger partial charge >= 0.3 is 0 Å². The van der Waals surface area contributed by atoms with Gasteiger partial charge in [-0.1, -0.05) is 45.9 Å². The summed E-state index contributed by atoms with van der Waals surface area (Å²) in [6, 6.07) is 7.09. The van der Waals surface area contributed by atoms with Gasteiger partial charge in [0.1, 0.15) is 0 Å². The molecule has 2 atom stereocenters. The first kappa shape index (κ1) is 10.7. The second kappa shape index (κ2) is 3.34. The third-order valence-electron chi connectivity index (χ3n) is 3.49. The third kappa shape index (κ3) is 1.81. The monoisotopic (exact) mass is 203 g/mol. The maximum Gasteiger partial charge on any atom is 0.0303 e. The van der Waals surface area contributed by atoms with E-state index in [1.165, 1.54) is 16.7 Å². The lowest BCUT2D eigenvalue weighted by Crippen LogP contribution is -2.13. The normalized spacial score (nSPS) is 25.4. The Labute approximate surface area is 92.7 Å². The fourth-order valence-electron chi connectivity index (χ4n) is 2.45. The summed E-state index contributed by atoms with van der Waals surface area (Å²) in [7, 11) is 0. The van der Waals surface area contributed by atoms with E-state index in [2.05, 4.69) is 45.9 Å². The maximum absolute atomic E-state index is 6.15. The van der Waals surface area contributed by atoms with Gasteiger partial charge in [-0.3, -0.25) is 0 Å². The lowest BCUT2D eigenvalue weighted by atomic mass is 9.85. The van der Waals surface area contributed by atoms with Crippen molar-refractivity contribution in [3.63, 3.8) is 0 Å². The molecule has 15 heavy (non-hydrogen) atoms. The van der Waals surface area contributed by atoms with Crippen molar-refractivity contribution in [1.29, 1.82) is 0 Å². The van der Waals surface area contributed by atoms with Crippen LogP contribution in [0.4, 0.5) is 0 Å². The average molecular weight is 203 g/mol. The molecule has 2 N–H and O–H groups in total. The van der Waals surface area contributed by atoms with Crippen LogP contribution in [0.1, 0.15) is 62.8 Å². The molecule has 1 aliphatic carbocycles. The molecule has 1 aromatic rings.